The summed E-state index contributed by atoms with van der Waals surface area (Å²) >= 11 is 0. The van der Waals surface area contributed by atoms with Gasteiger partial charge in [-0.3, -0.25) is 10.1 Å². The van der Waals surface area contributed by atoms with Gasteiger partial charge in [0.05, 0.1) is 34.4 Å². The van der Waals surface area contributed by atoms with Gasteiger partial charge in [0.2, 0.25) is 0 Å². The highest BCUT2D eigenvalue weighted by Crippen LogP contribution is 2.37. The van der Waals surface area contributed by atoms with Gasteiger partial charge in [0.25, 0.3) is 5.69 Å². The van der Waals surface area contributed by atoms with E-state index in [1.54, 1.807) is 0 Å². The maximum Gasteiger partial charge on any atom is 0.335 e. The number of hydrogen-bond acceptors (Lipinski definition) is 5. The number of carbonyl (C=O) groups is 1. The fraction of sp³-hybridized carbons (Fsp3) is 0.381. The van der Waals surface area contributed by atoms with Gasteiger partial charge in [-0.1, -0.05) is 51.2 Å². The zero-order valence-corrected chi connectivity index (χ0v) is 16.0. The number of anilines is 1. The number of nitro groups is 1. The molecule has 28 heavy (non-hydrogen) atoms. The molecule has 0 fully saturated rings. The number of aromatic carboxylic acids is 1. The Kier molecular flexibility index (Phi) is 7.80. The molecule has 0 radical (unpaired) electrons. The molecule has 0 aromatic heterocycles. The van der Waals surface area contributed by atoms with E-state index in [1.165, 1.54) is 55.7 Å². The lowest BCUT2D eigenvalue weighted by Gasteiger charge is -2.12. The van der Waals surface area contributed by atoms with Crippen LogP contribution in [0.25, 0.3) is 11.1 Å². The van der Waals surface area contributed by atoms with Crippen LogP contribution in [0.4, 0.5) is 11.4 Å². The first-order chi connectivity index (χ1) is 13.4. The van der Waals surface area contributed by atoms with Crippen LogP contribution in [-0.4, -0.2) is 22.6 Å². The molecule has 0 bridgehead atoms. The molecule has 0 saturated heterocycles. The fourth-order valence-electron chi connectivity index (χ4n) is 2.95. The van der Waals surface area contributed by atoms with Gasteiger partial charge in [0.1, 0.15) is 5.75 Å². The van der Waals surface area contributed by atoms with E-state index in [0.29, 0.717) is 29.2 Å². The van der Waals surface area contributed by atoms with Crippen LogP contribution >= 0.6 is 0 Å². The minimum atomic E-state index is -1.06. The molecule has 2 rings (SSSR count). The van der Waals surface area contributed by atoms with Gasteiger partial charge >= 0.3 is 5.97 Å². The van der Waals surface area contributed by atoms with Crippen LogP contribution in [0.2, 0.25) is 0 Å². The highest BCUT2D eigenvalue weighted by molar-refractivity contribution is 5.89. The van der Waals surface area contributed by atoms with Gasteiger partial charge in [0.15, 0.2) is 0 Å². The predicted octanol–water partition coefficient (Wildman–Crippen LogP) is 5.28. The minimum Gasteiger partial charge on any atom is -0.491 e. The van der Waals surface area contributed by atoms with Crippen molar-refractivity contribution < 1.29 is 19.6 Å². The molecule has 0 aliphatic heterocycles. The quantitative estimate of drug-likeness (QED) is 0.235. The Morgan fingerprint density at radius 1 is 1.11 bits per heavy atom. The number of nitro benzene ring substituents is 1. The van der Waals surface area contributed by atoms with Crippen LogP contribution in [-0.2, 0) is 0 Å². The third-order valence-corrected chi connectivity index (χ3v) is 4.52. The van der Waals surface area contributed by atoms with Crippen molar-refractivity contribution >= 4 is 17.3 Å². The standard InChI is InChI=1S/C21H26N2O5/c1-2-3-4-5-6-7-12-28-20-14-19(23(26)27)17(13-18(20)22)15-8-10-16(11-9-15)21(24)25/h8-11,13-14H,2-7,12,22H2,1H3,(H,24,25). The smallest absolute Gasteiger partial charge is 0.335 e. The van der Waals surface area contributed by atoms with Crippen LogP contribution in [0.15, 0.2) is 36.4 Å². The number of nitrogens with zero attached hydrogens (tertiary/aromatic N) is 1. The van der Waals surface area contributed by atoms with Crippen molar-refractivity contribution in [3.8, 4) is 16.9 Å². The second-order valence-corrected chi connectivity index (χ2v) is 6.66. The number of benzene rings is 2. The Balaban J connectivity index is 2.13. The lowest BCUT2D eigenvalue weighted by Crippen LogP contribution is -2.03. The molecule has 2 aromatic rings. The molecular formula is C21H26N2O5. The summed E-state index contributed by atoms with van der Waals surface area (Å²) in [6.45, 7) is 2.63. The zero-order valence-electron chi connectivity index (χ0n) is 16.0. The van der Waals surface area contributed by atoms with Gasteiger partial charge in [0, 0.05) is 0 Å². The first-order valence-corrected chi connectivity index (χ1v) is 9.48. The highest BCUT2D eigenvalue weighted by atomic mass is 16.6. The second-order valence-electron chi connectivity index (χ2n) is 6.66. The zero-order chi connectivity index (χ0) is 20.5. The SMILES string of the molecule is CCCCCCCCOc1cc([N+](=O)[O-])c(-c2ccc(C(=O)O)cc2)cc1N. The third kappa shape index (κ3) is 5.70. The van der Waals surface area contributed by atoms with E-state index < -0.39 is 10.9 Å². The Bertz CT molecular complexity index is 818. The van der Waals surface area contributed by atoms with Gasteiger partial charge in [-0.25, -0.2) is 4.79 Å². The summed E-state index contributed by atoms with van der Waals surface area (Å²) in [5, 5.41) is 20.5. The molecule has 0 amide bonds. The molecular weight excluding hydrogens is 360 g/mol. The summed E-state index contributed by atoms with van der Waals surface area (Å²) in [4.78, 5) is 22.0. The van der Waals surface area contributed by atoms with Gasteiger partial charge in [-0.05, 0) is 30.2 Å². The second kappa shape index (κ2) is 10.3. The summed E-state index contributed by atoms with van der Waals surface area (Å²) in [6, 6.07) is 8.71. The van der Waals surface area contributed by atoms with Crippen LogP contribution in [0.3, 0.4) is 0 Å². The molecule has 0 spiro atoms. The minimum absolute atomic E-state index is 0.110. The molecule has 7 heteroatoms. The van der Waals surface area contributed by atoms with Crippen molar-refractivity contribution in [2.45, 2.75) is 45.4 Å². The van der Waals surface area contributed by atoms with Crippen molar-refractivity contribution in [2.75, 3.05) is 12.3 Å². The largest absolute Gasteiger partial charge is 0.491 e. The van der Waals surface area contributed by atoms with Crippen LogP contribution in [0, 0.1) is 10.1 Å². The molecule has 0 aliphatic carbocycles. The van der Waals surface area contributed by atoms with E-state index in [4.69, 9.17) is 15.6 Å². The Hall–Kier alpha value is -3.09. The number of unbranched alkanes of at least 4 members (excludes halogenated alkanes) is 5. The summed E-state index contributed by atoms with van der Waals surface area (Å²) < 4.78 is 5.67. The maximum atomic E-state index is 11.5. The molecule has 7 nitrogen and oxygen atoms in total. The summed E-state index contributed by atoms with van der Waals surface area (Å²) in [7, 11) is 0. The first-order valence-electron chi connectivity index (χ1n) is 9.48. The number of nitrogens with two attached hydrogens (primary N) is 1. The first kappa shape index (κ1) is 21.2. The molecule has 0 aliphatic rings. The Morgan fingerprint density at radius 3 is 2.36 bits per heavy atom. The summed E-state index contributed by atoms with van der Waals surface area (Å²) in [5.74, 6) is -0.759. The lowest BCUT2D eigenvalue weighted by molar-refractivity contribution is -0.384. The number of hydrogen-bond donors (Lipinski definition) is 2. The van der Waals surface area contributed by atoms with Gasteiger partial charge in [-0.2, -0.15) is 0 Å². The monoisotopic (exact) mass is 386 g/mol. The van der Waals surface area contributed by atoms with Gasteiger partial charge < -0.3 is 15.6 Å². The van der Waals surface area contributed by atoms with Crippen molar-refractivity contribution in [2.24, 2.45) is 0 Å². The van der Waals surface area contributed by atoms with E-state index >= 15 is 0 Å². The number of nitrogen functional groups attached to an aromatic ring is 1. The molecule has 0 unspecified atom stereocenters. The number of carboxylic acids is 1. The molecule has 150 valence electrons. The molecule has 3 N–H and O–H groups in total. The molecule has 0 saturated carbocycles. The molecule has 0 atom stereocenters. The van der Waals surface area contributed by atoms with Crippen molar-refractivity contribution in [1.29, 1.82) is 0 Å². The van der Waals surface area contributed by atoms with E-state index in [9.17, 15) is 14.9 Å². The molecule has 2 aromatic carbocycles. The van der Waals surface area contributed by atoms with Gasteiger partial charge in [-0.15, -0.1) is 0 Å². The lowest BCUT2D eigenvalue weighted by atomic mass is 10.0. The van der Waals surface area contributed by atoms with E-state index in [0.717, 1.165) is 19.3 Å². The summed E-state index contributed by atoms with van der Waals surface area (Å²) in [6.07, 6.45) is 6.71. The maximum absolute atomic E-state index is 11.5. The van der Waals surface area contributed by atoms with Crippen molar-refractivity contribution in [3.05, 3.63) is 52.1 Å². The summed E-state index contributed by atoms with van der Waals surface area (Å²) in [5.41, 5.74) is 7.18. The highest BCUT2D eigenvalue weighted by Gasteiger charge is 2.20. The average Bonchev–Trinajstić information content (AvgIpc) is 2.68. The average molecular weight is 386 g/mol. The van der Waals surface area contributed by atoms with Crippen molar-refractivity contribution in [1.82, 2.24) is 0 Å². The number of rotatable bonds is 11. The Labute approximate surface area is 164 Å². The van der Waals surface area contributed by atoms with E-state index in [1.807, 2.05) is 0 Å². The van der Waals surface area contributed by atoms with Crippen LogP contribution in [0.1, 0.15) is 55.8 Å². The topological polar surface area (TPSA) is 116 Å². The third-order valence-electron chi connectivity index (χ3n) is 4.52. The van der Waals surface area contributed by atoms with Crippen LogP contribution in [0.5, 0.6) is 5.75 Å². The number of ether oxygens (including phenoxy) is 1. The van der Waals surface area contributed by atoms with Crippen LogP contribution < -0.4 is 10.5 Å². The normalized spacial score (nSPS) is 10.6. The van der Waals surface area contributed by atoms with E-state index in [-0.39, 0.29) is 11.3 Å². The van der Waals surface area contributed by atoms with Crippen molar-refractivity contribution in [3.63, 3.8) is 0 Å². The fourth-order valence-corrected chi connectivity index (χ4v) is 2.95. The Morgan fingerprint density at radius 2 is 1.75 bits per heavy atom. The predicted molar refractivity (Wildman–Crippen MR) is 109 cm³/mol. The van der Waals surface area contributed by atoms with E-state index in [2.05, 4.69) is 6.92 Å². The number of carboxylic acid groups (broad SMARTS) is 1. The molecule has 0 heterocycles.